The van der Waals surface area contributed by atoms with Crippen LogP contribution in [0.2, 0.25) is 0 Å². The number of carbonyl (C=O) groups excluding carboxylic acids is 4. The molecule has 0 fully saturated rings. The number of hydrogen-bond acceptors (Lipinski definition) is 6. The SMILES string of the molecule is O=C(c1cc(C(F)(F)F)cc(C(F)(F)F)c1)c1cc2c(s1)-c1sc(C(=O)c3cc(C(F)(F)F)cc(C(F)(F)F)c3)cc1C(=O)C2=O. The second kappa shape index (κ2) is 10.6. The van der Waals surface area contributed by atoms with E-state index in [-0.39, 0.29) is 46.2 Å². The number of rotatable bonds is 4. The summed E-state index contributed by atoms with van der Waals surface area (Å²) in [6.45, 7) is 0. The average molecular weight is 700 g/mol. The first kappa shape index (κ1) is 33.1. The van der Waals surface area contributed by atoms with E-state index in [1.807, 2.05) is 0 Å². The highest BCUT2D eigenvalue weighted by Gasteiger charge is 2.41. The summed E-state index contributed by atoms with van der Waals surface area (Å²) in [4.78, 5) is 50.2. The minimum Gasteiger partial charge on any atom is -0.288 e. The molecule has 0 saturated heterocycles. The Morgan fingerprint density at radius 2 is 0.696 bits per heavy atom. The number of thiophene rings is 2. The molecule has 5 rings (SSSR count). The van der Waals surface area contributed by atoms with E-state index in [2.05, 4.69) is 0 Å². The van der Waals surface area contributed by atoms with Crippen molar-refractivity contribution in [3.63, 3.8) is 0 Å². The van der Waals surface area contributed by atoms with Crippen molar-refractivity contribution in [1.82, 2.24) is 0 Å². The number of benzene rings is 2. The third kappa shape index (κ3) is 5.97. The first-order chi connectivity index (χ1) is 21.0. The molecule has 1 aliphatic carbocycles. The smallest absolute Gasteiger partial charge is 0.288 e. The van der Waals surface area contributed by atoms with Crippen molar-refractivity contribution in [2.75, 3.05) is 0 Å². The molecule has 0 bridgehead atoms. The van der Waals surface area contributed by atoms with E-state index in [1.54, 1.807) is 0 Å². The normalized spacial score (nSPS) is 13.9. The highest BCUT2D eigenvalue weighted by atomic mass is 32.1. The Balaban J connectivity index is 1.59. The summed E-state index contributed by atoms with van der Waals surface area (Å²) in [6, 6.07) is 1.70. The molecule has 0 atom stereocenters. The Labute approximate surface area is 254 Å². The van der Waals surface area contributed by atoms with Gasteiger partial charge in [0, 0.05) is 22.3 Å². The van der Waals surface area contributed by atoms with E-state index in [0.29, 0.717) is 22.7 Å². The Morgan fingerprint density at radius 3 is 0.935 bits per heavy atom. The molecule has 4 aromatic rings. The molecule has 0 saturated carbocycles. The van der Waals surface area contributed by atoms with Gasteiger partial charge < -0.3 is 0 Å². The predicted octanol–water partition coefficient (Wildman–Crippen LogP) is 9.39. The number of Topliss-reactive ketones (excluding diaryl/α,β-unsaturated/α-hetero) is 2. The van der Waals surface area contributed by atoms with Gasteiger partial charge in [0.15, 0.2) is 0 Å². The largest absolute Gasteiger partial charge is 0.416 e. The van der Waals surface area contributed by atoms with Gasteiger partial charge >= 0.3 is 24.7 Å². The van der Waals surface area contributed by atoms with Crippen LogP contribution >= 0.6 is 22.7 Å². The van der Waals surface area contributed by atoms with Crippen molar-refractivity contribution < 1.29 is 71.9 Å². The molecule has 18 heteroatoms. The average Bonchev–Trinajstić information content (AvgIpc) is 3.58. The third-order valence-electron chi connectivity index (χ3n) is 6.51. The van der Waals surface area contributed by atoms with Crippen molar-refractivity contribution in [3.8, 4) is 9.75 Å². The van der Waals surface area contributed by atoms with Gasteiger partial charge in [0.1, 0.15) is 0 Å². The lowest BCUT2D eigenvalue weighted by molar-refractivity contribution is -0.144. The highest BCUT2D eigenvalue weighted by molar-refractivity contribution is 7.25. The van der Waals surface area contributed by atoms with E-state index in [1.165, 1.54) is 0 Å². The van der Waals surface area contributed by atoms with Gasteiger partial charge in [0.2, 0.25) is 23.1 Å². The monoisotopic (exact) mass is 700 g/mol. The van der Waals surface area contributed by atoms with Crippen molar-refractivity contribution in [1.29, 1.82) is 0 Å². The Hall–Kier alpha value is -4.32. The molecule has 2 heterocycles. The zero-order chi connectivity index (χ0) is 34.3. The highest BCUT2D eigenvalue weighted by Crippen LogP contribution is 2.46. The molecule has 240 valence electrons. The first-order valence-electron chi connectivity index (χ1n) is 12.0. The van der Waals surface area contributed by atoms with Crippen LogP contribution in [0.25, 0.3) is 9.75 Å². The predicted molar refractivity (Wildman–Crippen MR) is 136 cm³/mol. The van der Waals surface area contributed by atoms with Crippen LogP contribution in [0, 0.1) is 0 Å². The second-order valence-corrected chi connectivity index (χ2v) is 11.7. The standard InChI is InChI=1S/C28H8F12O4S2/c29-25(30,31)11-1-9(2-12(5-11)26(32,33)34)19(41)17-7-15-21(43)22(44)16-8-18(46-24(16)23(15)45-17)20(42)10-3-13(27(35,36)37)6-14(4-10)28(38,39)40/h1-8H. The summed E-state index contributed by atoms with van der Waals surface area (Å²) in [6.07, 6.45) is -21.2. The van der Waals surface area contributed by atoms with Crippen LogP contribution in [0.5, 0.6) is 0 Å². The van der Waals surface area contributed by atoms with Gasteiger partial charge in [-0.2, -0.15) is 52.7 Å². The van der Waals surface area contributed by atoms with E-state index in [4.69, 9.17) is 0 Å². The Kier molecular flexibility index (Phi) is 7.63. The van der Waals surface area contributed by atoms with E-state index in [0.717, 1.165) is 12.1 Å². The van der Waals surface area contributed by atoms with Gasteiger partial charge in [-0.1, -0.05) is 0 Å². The zero-order valence-electron chi connectivity index (χ0n) is 21.6. The van der Waals surface area contributed by atoms with Crippen LogP contribution < -0.4 is 0 Å². The summed E-state index contributed by atoms with van der Waals surface area (Å²) < 4.78 is 160. The van der Waals surface area contributed by atoms with Gasteiger partial charge in [-0.05, 0) is 48.5 Å². The van der Waals surface area contributed by atoms with Crippen LogP contribution in [-0.4, -0.2) is 23.1 Å². The van der Waals surface area contributed by atoms with E-state index >= 15 is 0 Å². The molecule has 0 aliphatic heterocycles. The van der Waals surface area contributed by atoms with Crippen molar-refractivity contribution in [2.24, 2.45) is 0 Å². The van der Waals surface area contributed by atoms with Gasteiger partial charge in [0.05, 0.1) is 41.8 Å². The summed E-state index contributed by atoms with van der Waals surface area (Å²) in [5.74, 6) is -5.38. The first-order valence-corrected chi connectivity index (χ1v) is 13.7. The maximum atomic E-state index is 13.3. The number of alkyl halides is 12. The van der Waals surface area contributed by atoms with Gasteiger partial charge in [-0.25, -0.2) is 0 Å². The number of halogens is 12. The maximum Gasteiger partial charge on any atom is 0.416 e. The van der Waals surface area contributed by atoms with Crippen LogP contribution in [0.3, 0.4) is 0 Å². The second-order valence-electron chi connectivity index (χ2n) is 9.61. The summed E-state index contributed by atoms with van der Waals surface area (Å²) >= 11 is 0.725. The number of carbonyl (C=O) groups is 4. The molecule has 4 nitrogen and oxygen atoms in total. The van der Waals surface area contributed by atoms with Crippen LogP contribution in [0.1, 0.15) is 73.4 Å². The molecular weight excluding hydrogens is 692 g/mol. The number of ketones is 4. The lowest BCUT2D eigenvalue weighted by atomic mass is 9.93. The molecule has 1 aliphatic rings. The fraction of sp³-hybridized carbons (Fsp3) is 0.143. The number of fused-ring (bicyclic) bond motifs is 3. The lowest BCUT2D eigenvalue weighted by Crippen LogP contribution is -2.18. The number of hydrogen-bond donors (Lipinski definition) is 0. The van der Waals surface area contributed by atoms with Crippen molar-refractivity contribution >= 4 is 45.8 Å². The molecule has 0 spiro atoms. The topological polar surface area (TPSA) is 68.3 Å². The zero-order valence-corrected chi connectivity index (χ0v) is 23.2. The summed E-state index contributed by atoms with van der Waals surface area (Å²) in [5.41, 5.74) is -10.3. The Morgan fingerprint density at radius 1 is 0.435 bits per heavy atom. The molecule has 2 aromatic heterocycles. The van der Waals surface area contributed by atoms with Gasteiger partial charge in [-0.15, -0.1) is 22.7 Å². The summed E-state index contributed by atoms with van der Waals surface area (Å²) in [7, 11) is 0. The van der Waals surface area contributed by atoms with Gasteiger partial charge in [0.25, 0.3) is 0 Å². The van der Waals surface area contributed by atoms with Crippen molar-refractivity contribution in [3.05, 3.63) is 103 Å². The minimum atomic E-state index is -5.29. The minimum absolute atomic E-state index is 0.154. The van der Waals surface area contributed by atoms with E-state index < -0.39 is 102 Å². The Bertz CT molecular complexity index is 1770. The van der Waals surface area contributed by atoms with Crippen molar-refractivity contribution in [2.45, 2.75) is 24.7 Å². The van der Waals surface area contributed by atoms with Crippen LogP contribution in [0.15, 0.2) is 48.5 Å². The molecule has 0 radical (unpaired) electrons. The van der Waals surface area contributed by atoms with Gasteiger partial charge in [-0.3, -0.25) is 19.2 Å². The van der Waals surface area contributed by atoms with Crippen LogP contribution in [0.4, 0.5) is 52.7 Å². The fourth-order valence-corrected chi connectivity index (χ4v) is 6.77. The fourth-order valence-electron chi connectivity index (χ4n) is 4.38. The van der Waals surface area contributed by atoms with Crippen LogP contribution in [-0.2, 0) is 24.7 Å². The lowest BCUT2D eigenvalue weighted by Gasteiger charge is -2.13. The third-order valence-corrected chi connectivity index (χ3v) is 8.95. The molecule has 0 N–H and O–H groups in total. The molecule has 0 unspecified atom stereocenters. The maximum absolute atomic E-state index is 13.3. The van der Waals surface area contributed by atoms with E-state index in [9.17, 15) is 71.9 Å². The molecule has 2 aromatic carbocycles. The molecule has 46 heavy (non-hydrogen) atoms. The quantitative estimate of drug-likeness (QED) is 0.121. The summed E-state index contributed by atoms with van der Waals surface area (Å²) in [5, 5.41) is 0. The molecule has 0 amide bonds. The molecular formula is C28H8F12O4S2.